The Balaban J connectivity index is 1.99. The molecule has 0 aliphatic rings. The van der Waals surface area contributed by atoms with Crippen molar-refractivity contribution in [1.82, 2.24) is 9.97 Å². The number of pyridine rings is 1. The van der Waals surface area contributed by atoms with E-state index in [-0.39, 0.29) is 0 Å². The fourth-order valence-corrected chi connectivity index (χ4v) is 1.86. The number of anilines is 1. The summed E-state index contributed by atoms with van der Waals surface area (Å²) >= 11 is 1.67. The molecule has 0 unspecified atom stereocenters. The molecule has 4 heteroatoms. The van der Waals surface area contributed by atoms with Crippen LogP contribution in [0, 0.1) is 6.92 Å². The van der Waals surface area contributed by atoms with Gasteiger partial charge in [-0.25, -0.2) is 4.98 Å². The van der Waals surface area contributed by atoms with Gasteiger partial charge in [0.05, 0.1) is 23.4 Å². The lowest BCUT2D eigenvalue weighted by Crippen LogP contribution is -1.98. The summed E-state index contributed by atoms with van der Waals surface area (Å²) in [6.45, 7) is 2.85. The molecule has 0 fully saturated rings. The van der Waals surface area contributed by atoms with Gasteiger partial charge in [-0.2, -0.15) is 0 Å². The summed E-state index contributed by atoms with van der Waals surface area (Å²) in [5.41, 5.74) is 4.02. The largest absolute Gasteiger partial charge is 0.379 e. The topological polar surface area (TPSA) is 37.8 Å². The van der Waals surface area contributed by atoms with Gasteiger partial charge in [-0.3, -0.25) is 4.98 Å². The normalized spacial score (nSPS) is 10.1. The van der Waals surface area contributed by atoms with Crippen molar-refractivity contribution in [2.24, 2.45) is 0 Å². The van der Waals surface area contributed by atoms with Gasteiger partial charge in [0.25, 0.3) is 0 Å². The molecule has 2 rings (SSSR count). The fraction of sp³-hybridized carbons (Fsp3) is 0.200. The number of aromatic nitrogens is 2. The molecule has 0 radical (unpaired) electrons. The summed E-state index contributed by atoms with van der Waals surface area (Å²) in [6.07, 6.45) is 3.58. The fourth-order valence-electron chi connectivity index (χ4n) is 1.15. The van der Waals surface area contributed by atoms with Crippen molar-refractivity contribution in [2.75, 3.05) is 5.32 Å². The van der Waals surface area contributed by atoms with Gasteiger partial charge in [-0.05, 0) is 19.1 Å². The van der Waals surface area contributed by atoms with E-state index in [1.807, 2.05) is 30.8 Å². The number of aryl methyl sites for hydroxylation is 1. The van der Waals surface area contributed by atoms with E-state index in [1.165, 1.54) is 4.88 Å². The molecular weight excluding hydrogens is 194 g/mol. The van der Waals surface area contributed by atoms with E-state index in [0.29, 0.717) is 0 Å². The standard InChI is InChI=1S/C10H11N3S/c1-8-10(14-7-13-8)6-12-9-3-2-4-11-5-9/h2-5,7,12H,6H2,1H3. The highest BCUT2D eigenvalue weighted by Crippen LogP contribution is 2.14. The van der Waals surface area contributed by atoms with Gasteiger partial charge in [0.2, 0.25) is 0 Å². The van der Waals surface area contributed by atoms with Gasteiger partial charge in [-0.15, -0.1) is 11.3 Å². The van der Waals surface area contributed by atoms with E-state index in [0.717, 1.165) is 17.9 Å². The van der Waals surface area contributed by atoms with Crippen molar-refractivity contribution in [3.63, 3.8) is 0 Å². The summed E-state index contributed by atoms with van der Waals surface area (Å²) in [7, 11) is 0. The van der Waals surface area contributed by atoms with E-state index in [9.17, 15) is 0 Å². The molecule has 0 amide bonds. The highest BCUT2D eigenvalue weighted by Gasteiger charge is 2.00. The van der Waals surface area contributed by atoms with Crippen LogP contribution in [0.4, 0.5) is 5.69 Å². The highest BCUT2D eigenvalue weighted by molar-refractivity contribution is 7.09. The van der Waals surface area contributed by atoms with Gasteiger partial charge < -0.3 is 5.32 Å². The number of hydrogen-bond donors (Lipinski definition) is 1. The maximum Gasteiger partial charge on any atom is 0.0798 e. The summed E-state index contributed by atoms with van der Waals surface area (Å²) < 4.78 is 0. The second-order valence-electron chi connectivity index (χ2n) is 2.96. The Hall–Kier alpha value is -1.42. The Morgan fingerprint density at radius 3 is 3.07 bits per heavy atom. The first-order valence-corrected chi connectivity index (χ1v) is 5.27. The molecule has 0 saturated carbocycles. The van der Waals surface area contributed by atoms with Gasteiger partial charge in [0, 0.05) is 17.3 Å². The molecule has 0 aromatic carbocycles. The van der Waals surface area contributed by atoms with Crippen LogP contribution in [0.3, 0.4) is 0 Å². The molecule has 14 heavy (non-hydrogen) atoms. The van der Waals surface area contributed by atoms with E-state index in [1.54, 1.807) is 17.5 Å². The minimum absolute atomic E-state index is 0.822. The quantitative estimate of drug-likeness (QED) is 0.836. The molecule has 0 aliphatic carbocycles. The third-order valence-electron chi connectivity index (χ3n) is 1.96. The van der Waals surface area contributed by atoms with Crippen LogP contribution >= 0.6 is 11.3 Å². The van der Waals surface area contributed by atoms with Crippen LogP contribution in [-0.4, -0.2) is 9.97 Å². The maximum atomic E-state index is 4.19. The highest BCUT2D eigenvalue weighted by atomic mass is 32.1. The Morgan fingerprint density at radius 1 is 1.50 bits per heavy atom. The molecular formula is C10H11N3S. The van der Waals surface area contributed by atoms with Crippen LogP contribution in [-0.2, 0) is 6.54 Å². The lowest BCUT2D eigenvalue weighted by atomic mass is 10.3. The van der Waals surface area contributed by atoms with Crippen molar-refractivity contribution in [3.05, 3.63) is 40.6 Å². The molecule has 2 aromatic heterocycles. The van der Waals surface area contributed by atoms with Crippen molar-refractivity contribution < 1.29 is 0 Å². The summed E-state index contributed by atoms with van der Waals surface area (Å²) in [6, 6.07) is 3.92. The second kappa shape index (κ2) is 4.19. The Bertz CT molecular complexity index is 397. The molecule has 1 N–H and O–H groups in total. The van der Waals surface area contributed by atoms with Crippen LogP contribution in [0.15, 0.2) is 30.0 Å². The number of hydrogen-bond acceptors (Lipinski definition) is 4. The average molecular weight is 205 g/mol. The van der Waals surface area contributed by atoms with Crippen molar-refractivity contribution in [2.45, 2.75) is 13.5 Å². The zero-order chi connectivity index (χ0) is 9.80. The summed E-state index contributed by atoms with van der Waals surface area (Å²) in [5.74, 6) is 0. The number of thiazole rings is 1. The van der Waals surface area contributed by atoms with Gasteiger partial charge in [-0.1, -0.05) is 0 Å². The average Bonchev–Trinajstić information content (AvgIpc) is 2.63. The van der Waals surface area contributed by atoms with Crippen LogP contribution in [0.5, 0.6) is 0 Å². The first kappa shape index (κ1) is 9.15. The molecule has 72 valence electrons. The minimum atomic E-state index is 0.822. The Labute approximate surface area is 86.8 Å². The lowest BCUT2D eigenvalue weighted by molar-refractivity contribution is 1.11. The van der Waals surface area contributed by atoms with Crippen molar-refractivity contribution in [3.8, 4) is 0 Å². The Morgan fingerprint density at radius 2 is 2.43 bits per heavy atom. The third kappa shape index (κ3) is 2.09. The lowest BCUT2D eigenvalue weighted by Gasteiger charge is -2.03. The zero-order valence-corrected chi connectivity index (χ0v) is 8.71. The van der Waals surface area contributed by atoms with Gasteiger partial charge in [0.15, 0.2) is 0 Å². The maximum absolute atomic E-state index is 4.19. The molecule has 2 aromatic rings. The van der Waals surface area contributed by atoms with Gasteiger partial charge in [0.1, 0.15) is 0 Å². The molecule has 0 spiro atoms. The Kier molecular flexibility index (Phi) is 2.74. The number of nitrogens with zero attached hydrogens (tertiary/aromatic N) is 2. The summed E-state index contributed by atoms with van der Waals surface area (Å²) in [4.78, 5) is 9.50. The minimum Gasteiger partial charge on any atom is -0.379 e. The van der Waals surface area contributed by atoms with Crippen LogP contribution in [0.1, 0.15) is 10.6 Å². The van der Waals surface area contributed by atoms with Crippen molar-refractivity contribution >= 4 is 17.0 Å². The summed E-state index contributed by atoms with van der Waals surface area (Å²) in [5, 5.41) is 3.30. The van der Waals surface area contributed by atoms with E-state index in [2.05, 4.69) is 15.3 Å². The molecule has 0 saturated heterocycles. The van der Waals surface area contributed by atoms with E-state index in [4.69, 9.17) is 0 Å². The monoisotopic (exact) mass is 205 g/mol. The SMILES string of the molecule is Cc1ncsc1CNc1cccnc1. The first-order valence-electron chi connectivity index (χ1n) is 4.39. The molecule has 2 heterocycles. The van der Waals surface area contributed by atoms with E-state index >= 15 is 0 Å². The first-order chi connectivity index (χ1) is 6.86. The number of nitrogens with one attached hydrogen (secondary N) is 1. The van der Waals surface area contributed by atoms with Gasteiger partial charge >= 0.3 is 0 Å². The van der Waals surface area contributed by atoms with Crippen LogP contribution < -0.4 is 5.32 Å². The third-order valence-corrected chi connectivity index (χ3v) is 2.89. The zero-order valence-electron chi connectivity index (χ0n) is 7.90. The smallest absolute Gasteiger partial charge is 0.0798 e. The van der Waals surface area contributed by atoms with E-state index < -0.39 is 0 Å². The van der Waals surface area contributed by atoms with Crippen molar-refractivity contribution in [1.29, 1.82) is 0 Å². The number of rotatable bonds is 3. The molecule has 0 bridgehead atoms. The molecule has 0 aliphatic heterocycles. The molecule has 0 atom stereocenters. The predicted molar refractivity (Wildman–Crippen MR) is 58.4 cm³/mol. The molecule has 3 nitrogen and oxygen atoms in total. The van der Waals surface area contributed by atoms with Crippen LogP contribution in [0.2, 0.25) is 0 Å². The predicted octanol–water partition coefficient (Wildman–Crippen LogP) is 2.46. The second-order valence-corrected chi connectivity index (χ2v) is 3.90. The van der Waals surface area contributed by atoms with Crippen LogP contribution in [0.25, 0.3) is 0 Å².